The van der Waals surface area contributed by atoms with Crippen molar-refractivity contribution in [2.45, 2.75) is 32.6 Å². The zero-order chi connectivity index (χ0) is 22.2. The molecule has 1 unspecified atom stereocenters. The molecule has 0 radical (unpaired) electrons. The van der Waals surface area contributed by atoms with E-state index in [-0.39, 0.29) is 11.8 Å². The van der Waals surface area contributed by atoms with Crippen molar-refractivity contribution in [3.8, 4) is 0 Å². The van der Waals surface area contributed by atoms with Crippen LogP contribution in [0.5, 0.6) is 0 Å². The molecule has 1 atom stereocenters. The molecule has 0 bridgehead atoms. The van der Waals surface area contributed by atoms with E-state index < -0.39 is 0 Å². The lowest BCUT2D eigenvalue weighted by atomic mass is 9.97. The fourth-order valence-corrected chi connectivity index (χ4v) is 4.72. The minimum atomic E-state index is 0.0421. The zero-order valence-corrected chi connectivity index (χ0v) is 19.2. The highest BCUT2D eigenvalue weighted by Crippen LogP contribution is 2.21. The number of hydrogen-bond donors (Lipinski definition) is 1. The first-order valence-electron chi connectivity index (χ1n) is 12.0. The summed E-state index contributed by atoms with van der Waals surface area (Å²) in [6.45, 7) is 10.1. The summed E-state index contributed by atoms with van der Waals surface area (Å²) in [5.74, 6) is 1.10. The van der Waals surface area contributed by atoms with Crippen LogP contribution < -0.4 is 15.1 Å². The normalized spacial score (nSPS) is 19.7. The largest absolute Gasteiger partial charge is 0.369 e. The standard InChI is InChI=1S/C25H36N6O/c1-21-6-4-8-23(18-21)30-16-14-29(15-17-30)12-3-2-9-28-25(32)22-7-5-13-31(20-22)24-19-26-10-11-27-24/h4,6,8,10-11,18-19,22H,2-3,5,7,9,12-17,20H2,1H3,(H,28,32). The molecule has 3 heterocycles. The smallest absolute Gasteiger partial charge is 0.224 e. The highest BCUT2D eigenvalue weighted by atomic mass is 16.1. The Morgan fingerprint density at radius 2 is 1.97 bits per heavy atom. The third-order valence-corrected chi connectivity index (χ3v) is 6.61. The predicted octanol–water partition coefficient (Wildman–Crippen LogP) is 2.72. The summed E-state index contributed by atoms with van der Waals surface area (Å²) in [6.07, 6.45) is 9.30. The molecule has 32 heavy (non-hydrogen) atoms. The minimum absolute atomic E-state index is 0.0421. The highest BCUT2D eigenvalue weighted by Gasteiger charge is 2.26. The molecular formula is C25H36N6O. The Hall–Kier alpha value is -2.67. The van der Waals surface area contributed by atoms with Crippen molar-refractivity contribution in [2.75, 3.05) is 62.2 Å². The number of carbonyl (C=O) groups excluding carboxylic acids is 1. The number of aromatic nitrogens is 2. The summed E-state index contributed by atoms with van der Waals surface area (Å²) in [6, 6.07) is 8.79. The van der Waals surface area contributed by atoms with E-state index >= 15 is 0 Å². The first-order valence-corrected chi connectivity index (χ1v) is 12.0. The number of anilines is 2. The van der Waals surface area contributed by atoms with Gasteiger partial charge in [0, 0.05) is 63.9 Å². The predicted molar refractivity (Wildman–Crippen MR) is 129 cm³/mol. The molecule has 172 valence electrons. The van der Waals surface area contributed by atoms with Gasteiger partial charge >= 0.3 is 0 Å². The maximum atomic E-state index is 12.6. The molecule has 2 saturated heterocycles. The number of rotatable bonds is 8. The van der Waals surface area contributed by atoms with E-state index in [1.54, 1.807) is 18.6 Å². The van der Waals surface area contributed by atoms with Gasteiger partial charge in [0.2, 0.25) is 5.91 Å². The lowest BCUT2D eigenvalue weighted by molar-refractivity contribution is -0.125. The van der Waals surface area contributed by atoms with Gasteiger partial charge in [-0.2, -0.15) is 0 Å². The molecule has 2 aromatic rings. The lowest BCUT2D eigenvalue weighted by Crippen LogP contribution is -2.46. The van der Waals surface area contributed by atoms with Crippen LogP contribution in [0.1, 0.15) is 31.2 Å². The molecule has 7 heteroatoms. The average Bonchev–Trinajstić information content (AvgIpc) is 2.85. The summed E-state index contributed by atoms with van der Waals surface area (Å²) in [4.78, 5) is 28.4. The second-order valence-electron chi connectivity index (χ2n) is 9.01. The number of benzene rings is 1. The van der Waals surface area contributed by atoms with E-state index in [4.69, 9.17) is 0 Å². The average molecular weight is 437 g/mol. The third-order valence-electron chi connectivity index (χ3n) is 6.61. The van der Waals surface area contributed by atoms with Gasteiger partial charge in [0.25, 0.3) is 0 Å². The molecule has 0 aliphatic carbocycles. The van der Waals surface area contributed by atoms with Crippen LogP contribution in [-0.4, -0.2) is 73.1 Å². The Kier molecular flexibility index (Phi) is 7.93. The van der Waals surface area contributed by atoms with E-state index in [2.05, 4.69) is 61.2 Å². The molecule has 0 spiro atoms. The molecule has 1 aromatic heterocycles. The molecular weight excluding hydrogens is 400 g/mol. The van der Waals surface area contributed by atoms with Gasteiger partial charge in [-0.05, 0) is 56.8 Å². The SMILES string of the molecule is Cc1cccc(N2CCN(CCCCNC(=O)C3CCCN(c4cnccn4)C3)CC2)c1. The zero-order valence-electron chi connectivity index (χ0n) is 19.2. The molecule has 4 rings (SSSR count). The summed E-state index contributed by atoms with van der Waals surface area (Å²) >= 11 is 0. The third kappa shape index (κ3) is 6.19. The number of amides is 1. The number of carbonyl (C=O) groups is 1. The van der Waals surface area contributed by atoms with E-state index in [9.17, 15) is 4.79 Å². The van der Waals surface area contributed by atoms with Gasteiger partial charge in [0.1, 0.15) is 5.82 Å². The van der Waals surface area contributed by atoms with Gasteiger partial charge in [0.05, 0.1) is 12.1 Å². The van der Waals surface area contributed by atoms with Crippen LogP contribution in [-0.2, 0) is 4.79 Å². The lowest BCUT2D eigenvalue weighted by Gasteiger charge is -2.36. The van der Waals surface area contributed by atoms with Crippen molar-refractivity contribution in [3.63, 3.8) is 0 Å². The molecule has 2 aliphatic rings. The summed E-state index contributed by atoms with van der Waals surface area (Å²) in [7, 11) is 0. The Bertz CT molecular complexity index is 853. The van der Waals surface area contributed by atoms with Gasteiger partial charge < -0.3 is 15.1 Å². The van der Waals surface area contributed by atoms with Crippen molar-refractivity contribution in [3.05, 3.63) is 48.4 Å². The molecule has 2 aliphatic heterocycles. The quantitative estimate of drug-likeness (QED) is 0.642. The Labute approximate surface area is 191 Å². The molecule has 1 amide bonds. The second-order valence-corrected chi connectivity index (χ2v) is 9.01. The monoisotopic (exact) mass is 436 g/mol. The van der Waals surface area contributed by atoms with Crippen molar-refractivity contribution < 1.29 is 4.79 Å². The van der Waals surface area contributed by atoms with Crippen molar-refractivity contribution >= 4 is 17.4 Å². The van der Waals surface area contributed by atoms with Gasteiger partial charge in [-0.3, -0.25) is 14.7 Å². The van der Waals surface area contributed by atoms with Crippen molar-refractivity contribution in [1.82, 2.24) is 20.2 Å². The van der Waals surface area contributed by atoms with Gasteiger partial charge in [-0.1, -0.05) is 12.1 Å². The number of piperazine rings is 1. The van der Waals surface area contributed by atoms with E-state index in [1.165, 1.54) is 11.3 Å². The van der Waals surface area contributed by atoms with E-state index in [0.29, 0.717) is 0 Å². The molecule has 0 saturated carbocycles. The van der Waals surface area contributed by atoms with Crippen molar-refractivity contribution in [2.24, 2.45) is 5.92 Å². The van der Waals surface area contributed by atoms with Crippen molar-refractivity contribution in [1.29, 1.82) is 0 Å². The van der Waals surface area contributed by atoms with E-state index in [0.717, 1.165) is 83.9 Å². The van der Waals surface area contributed by atoms with Crippen LogP contribution in [0.3, 0.4) is 0 Å². The summed E-state index contributed by atoms with van der Waals surface area (Å²) in [5.41, 5.74) is 2.66. The number of nitrogens with one attached hydrogen (secondary N) is 1. The molecule has 2 fully saturated rings. The number of piperidine rings is 1. The fourth-order valence-electron chi connectivity index (χ4n) is 4.72. The second kappa shape index (κ2) is 11.3. The van der Waals surface area contributed by atoms with Gasteiger partial charge in [-0.15, -0.1) is 0 Å². The van der Waals surface area contributed by atoms with Crippen LogP contribution >= 0.6 is 0 Å². The van der Waals surface area contributed by atoms with Crippen LogP contribution in [0.4, 0.5) is 11.5 Å². The maximum Gasteiger partial charge on any atom is 0.224 e. The van der Waals surface area contributed by atoms with Gasteiger partial charge in [0.15, 0.2) is 0 Å². The molecule has 1 N–H and O–H groups in total. The van der Waals surface area contributed by atoms with Gasteiger partial charge in [-0.25, -0.2) is 4.98 Å². The number of aryl methyl sites for hydroxylation is 1. The summed E-state index contributed by atoms with van der Waals surface area (Å²) in [5, 5.41) is 3.17. The molecule has 7 nitrogen and oxygen atoms in total. The first-order chi connectivity index (χ1) is 15.7. The van der Waals surface area contributed by atoms with Crippen LogP contribution in [0, 0.1) is 12.8 Å². The Morgan fingerprint density at radius 3 is 2.75 bits per heavy atom. The van der Waals surface area contributed by atoms with Crippen LogP contribution in [0.25, 0.3) is 0 Å². The number of hydrogen-bond acceptors (Lipinski definition) is 6. The molecule has 1 aromatic carbocycles. The highest BCUT2D eigenvalue weighted by molar-refractivity contribution is 5.79. The summed E-state index contributed by atoms with van der Waals surface area (Å²) < 4.78 is 0. The Morgan fingerprint density at radius 1 is 1.09 bits per heavy atom. The van der Waals surface area contributed by atoms with E-state index in [1.807, 2.05) is 0 Å². The van der Waals surface area contributed by atoms with Crippen LogP contribution in [0.2, 0.25) is 0 Å². The number of nitrogens with zero attached hydrogens (tertiary/aromatic N) is 5. The fraction of sp³-hybridized carbons (Fsp3) is 0.560. The minimum Gasteiger partial charge on any atom is -0.369 e. The number of unbranched alkanes of at least 4 members (excludes halogenated alkanes) is 1. The van der Waals surface area contributed by atoms with Crippen LogP contribution in [0.15, 0.2) is 42.9 Å². The first kappa shape index (κ1) is 22.5. The topological polar surface area (TPSA) is 64.6 Å². The Balaban J connectivity index is 1.10. The maximum absolute atomic E-state index is 12.6.